The molecule has 0 fully saturated rings. The fourth-order valence-corrected chi connectivity index (χ4v) is 9.58. The number of fused-ring (bicyclic) bond motifs is 6. The summed E-state index contributed by atoms with van der Waals surface area (Å²) in [6.45, 7) is 0. The van der Waals surface area contributed by atoms with Crippen LogP contribution in [0, 0.1) is 0 Å². The van der Waals surface area contributed by atoms with Crippen LogP contribution >= 0.6 is 11.3 Å². The molecule has 0 radical (unpaired) electrons. The lowest BCUT2D eigenvalue weighted by atomic mass is 10.0. The van der Waals surface area contributed by atoms with E-state index in [1.165, 1.54) is 42.4 Å². The molecule has 11 rings (SSSR count). The van der Waals surface area contributed by atoms with Crippen LogP contribution in [0.4, 0.5) is 34.1 Å². The third kappa shape index (κ3) is 5.90. The Kier molecular flexibility index (Phi) is 8.34. The summed E-state index contributed by atoms with van der Waals surface area (Å²) < 4.78 is 8.76. The van der Waals surface area contributed by atoms with Gasteiger partial charge in [0.25, 0.3) is 0 Å². The van der Waals surface area contributed by atoms with Gasteiger partial charge in [-0.15, -0.1) is 11.3 Å². The molecule has 0 saturated carbocycles. The number of benzene rings is 9. The smallest absolute Gasteiger partial charge is 0.135 e. The Hall–Kier alpha value is -7.40. The van der Waals surface area contributed by atoms with E-state index in [1.54, 1.807) is 0 Å². The van der Waals surface area contributed by atoms with Gasteiger partial charge < -0.3 is 14.2 Å². The fourth-order valence-electron chi connectivity index (χ4n) is 8.35. The fraction of sp³-hybridized carbons (Fsp3) is 0. The summed E-state index contributed by atoms with van der Waals surface area (Å²) in [7, 11) is 0. The van der Waals surface area contributed by atoms with Gasteiger partial charge in [0.05, 0.1) is 16.1 Å². The highest BCUT2D eigenvalue weighted by Gasteiger charge is 2.23. The van der Waals surface area contributed by atoms with Crippen molar-refractivity contribution in [3.05, 3.63) is 218 Å². The maximum Gasteiger partial charge on any atom is 0.135 e. The van der Waals surface area contributed by atoms with Crippen LogP contribution in [0.2, 0.25) is 0 Å². The van der Waals surface area contributed by atoms with Gasteiger partial charge in [-0.1, -0.05) is 140 Å². The first kappa shape index (κ1) is 33.9. The van der Waals surface area contributed by atoms with Crippen molar-refractivity contribution in [2.45, 2.75) is 0 Å². The van der Waals surface area contributed by atoms with E-state index < -0.39 is 0 Å². The number of furan rings is 1. The minimum atomic E-state index is 0.880. The van der Waals surface area contributed by atoms with Crippen LogP contribution in [-0.2, 0) is 0 Å². The quantitative estimate of drug-likeness (QED) is 0.154. The zero-order valence-corrected chi connectivity index (χ0v) is 32.3. The molecule has 0 aliphatic heterocycles. The molecule has 3 nitrogen and oxygen atoms in total. The van der Waals surface area contributed by atoms with Crippen LogP contribution in [0.3, 0.4) is 0 Å². The van der Waals surface area contributed by atoms with Crippen molar-refractivity contribution in [3.63, 3.8) is 0 Å². The van der Waals surface area contributed by atoms with Gasteiger partial charge in [-0.3, -0.25) is 0 Å². The predicted octanol–water partition coefficient (Wildman–Crippen LogP) is 16.2. The monoisotopic (exact) mass is 760 g/mol. The topological polar surface area (TPSA) is 19.6 Å². The van der Waals surface area contributed by atoms with E-state index in [9.17, 15) is 0 Å². The Morgan fingerprint density at radius 1 is 0.328 bits per heavy atom. The van der Waals surface area contributed by atoms with E-state index in [4.69, 9.17) is 4.42 Å². The number of anilines is 6. The van der Waals surface area contributed by atoms with Crippen molar-refractivity contribution in [2.75, 3.05) is 9.80 Å². The third-order valence-corrected chi connectivity index (χ3v) is 12.2. The van der Waals surface area contributed by atoms with Crippen LogP contribution < -0.4 is 9.80 Å². The van der Waals surface area contributed by atoms with E-state index in [1.807, 2.05) is 23.5 Å². The summed E-state index contributed by atoms with van der Waals surface area (Å²) in [5.74, 6) is 0. The second-order valence-electron chi connectivity index (χ2n) is 14.5. The molecule has 0 spiro atoms. The Morgan fingerprint density at radius 2 is 0.845 bits per heavy atom. The molecule has 0 aliphatic carbocycles. The van der Waals surface area contributed by atoms with Gasteiger partial charge in [-0.05, 0) is 101 Å². The molecule has 0 aliphatic rings. The molecule has 4 heteroatoms. The van der Waals surface area contributed by atoms with Gasteiger partial charge in [0, 0.05) is 49.0 Å². The third-order valence-electron chi connectivity index (χ3n) is 11.0. The highest BCUT2D eigenvalue weighted by Crippen LogP contribution is 2.50. The van der Waals surface area contributed by atoms with Gasteiger partial charge in [0.15, 0.2) is 0 Å². The molecule has 58 heavy (non-hydrogen) atoms. The number of para-hydroxylation sites is 2. The normalized spacial score (nSPS) is 11.4. The molecular formula is C54H36N2OS. The van der Waals surface area contributed by atoms with Gasteiger partial charge in [0.1, 0.15) is 11.2 Å². The van der Waals surface area contributed by atoms with Gasteiger partial charge in [0.2, 0.25) is 0 Å². The first-order chi connectivity index (χ1) is 28.8. The minimum Gasteiger partial charge on any atom is -0.456 e. The molecule has 0 amide bonds. The molecule has 9 aromatic carbocycles. The number of thiophene rings is 1. The molecular weight excluding hydrogens is 725 g/mol. The molecule has 2 aromatic heterocycles. The molecule has 11 aromatic rings. The lowest BCUT2D eigenvalue weighted by Crippen LogP contribution is -2.10. The van der Waals surface area contributed by atoms with Crippen LogP contribution in [0.25, 0.3) is 64.4 Å². The standard InChI is InChI=1S/C54H36N2OS/c1-4-15-37(16-5-1)39-29-31-42(32-30-39)55(41-20-8-3-9-21-41)48-25-14-28-52-53(48)46-24-13-26-49(54(46)58-52)56(43-22-12-19-40(35-43)38-17-6-2-7-18-38)44-33-34-51-47(36-44)45-23-10-11-27-50(45)57-51/h1-36H. The van der Waals surface area contributed by atoms with Gasteiger partial charge >= 0.3 is 0 Å². The highest BCUT2D eigenvalue weighted by molar-refractivity contribution is 7.26. The first-order valence-electron chi connectivity index (χ1n) is 19.6. The summed E-state index contributed by atoms with van der Waals surface area (Å²) in [6, 6.07) is 78.1. The summed E-state index contributed by atoms with van der Waals surface area (Å²) in [4.78, 5) is 4.82. The van der Waals surface area contributed by atoms with E-state index in [-0.39, 0.29) is 0 Å². The maximum absolute atomic E-state index is 6.30. The number of hydrogen-bond donors (Lipinski definition) is 0. The number of rotatable bonds is 8. The molecule has 274 valence electrons. The van der Waals surface area contributed by atoms with E-state index >= 15 is 0 Å². The zero-order chi connectivity index (χ0) is 38.4. The molecule has 0 unspecified atom stereocenters. The first-order valence-corrected chi connectivity index (χ1v) is 20.4. The lowest BCUT2D eigenvalue weighted by Gasteiger charge is -2.27. The second-order valence-corrected chi connectivity index (χ2v) is 15.6. The average Bonchev–Trinajstić information content (AvgIpc) is 3.87. The van der Waals surface area contributed by atoms with Crippen LogP contribution in [0.5, 0.6) is 0 Å². The molecule has 0 saturated heterocycles. The van der Waals surface area contributed by atoms with Crippen molar-refractivity contribution < 1.29 is 4.42 Å². The summed E-state index contributed by atoms with van der Waals surface area (Å²) >= 11 is 1.85. The second kappa shape index (κ2) is 14.3. The molecule has 0 N–H and O–H groups in total. The minimum absolute atomic E-state index is 0.880. The van der Waals surface area contributed by atoms with Crippen molar-refractivity contribution >= 4 is 87.6 Å². The summed E-state index contributed by atoms with van der Waals surface area (Å²) in [5, 5.41) is 4.66. The summed E-state index contributed by atoms with van der Waals surface area (Å²) in [5.41, 5.74) is 13.2. The van der Waals surface area contributed by atoms with Crippen molar-refractivity contribution in [3.8, 4) is 22.3 Å². The molecule has 2 heterocycles. The van der Waals surface area contributed by atoms with Crippen LogP contribution in [0.15, 0.2) is 223 Å². The van der Waals surface area contributed by atoms with E-state index in [2.05, 4.69) is 216 Å². The van der Waals surface area contributed by atoms with Gasteiger partial charge in [-0.2, -0.15) is 0 Å². The average molecular weight is 761 g/mol. The lowest BCUT2D eigenvalue weighted by molar-refractivity contribution is 0.669. The maximum atomic E-state index is 6.30. The Bertz CT molecular complexity index is 3220. The Labute approximate surface area is 340 Å². The number of hydrogen-bond acceptors (Lipinski definition) is 4. The zero-order valence-electron chi connectivity index (χ0n) is 31.5. The van der Waals surface area contributed by atoms with Crippen molar-refractivity contribution in [1.29, 1.82) is 0 Å². The Balaban J connectivity index is 1.12. The largest absolute Gasteiger partial charge is 0.456 e. The van der Waals surface area contributed by atoms with Gasteiger partial charge in [-0.25, -0.2) is 0 Å². The van der Waals surface area contributed by atoms with E-state index in [0.717, 1.165) is 56.1 Å². The van der Waals surface area contributed by atoms with E-state index in [0.29, 0.717) is 0 Å². The highest BCUT2D eigenvalue weighted by atomic mass is 32.1. The van der Waals surface area contributed by atoms with Crippen molar-refractivity contribution in [1.82, 2.24) is 0 Å². The SMILES string of the molecule is c1ccc(-c2ccc(N(c3ccccc3)c3cccc4sc5c(N(c6cccc(-c7ccccc7)c6)c6ccc7oc8ccccc8c7c6)cccc5c34)cc2)cc1. The van der Waals surface area contributed by atoms with Crippen LogP contribution in [-0.4, -0.2) is 0 Å². The van der Waals surface area contributed by atoms with Crippen LogP contribution in [0.1, 0.15) is 0 Å². The number of nitrogens with zero attached hydrogens (tertiary/aromatic N) is 2. The predicted molar refractivity (Wildman–Crippen MR) is 247 cm³/mol. The Morgan fingerprint density at radius 3 is 1.64 bits per heavy atom. The summed E-state index contributed by atoms with van der Waals surface area (Å²) in [6.07, 6.45) is 0. The van der Waals surface area contributed by atoms with Crippen molar-refractivity contribution in [2.24, 2.45) is 0 Å². The molecule has 0 atom stereocenters. The molecule has 0 bridgehead atoms.